The smallest absolute Gasteiger partial charge is 0.254 e. The molecule has 5 aromatic rings. The molecule has 0 amide bonds. The second-order valence-electron chi connectivity index (χ2n) is 10.5. The Bertz CT molecular complexity index is 1740. The largest absolute Gasteiger partial charge is 0.473 e. The first-order chi connectivity index (χ1) is 19.5. The number of hydrogen-bond donors (Lipinski definition) is 2. The monoisotopic (exact) mass is 532 g/mol. The highest BCUT2D eigenvalue weighted by atomic mass is 16.5. The van der Waals surface area contributed by atoms with Crippen molar-refractivity contribution in [3.63, 3.8) is 0 Å². The van der Waals surface area contributed by atoms with Crippen molar-refractivity contribution in [3.05, 3.63) is 117 Å². The van der Waals surface area contributed by atoms with Gasteiger partial charge in [-0.1, -0.05) is 30.3 Å². The van der Waals surface area contributed by atoms with Crippen molar-refractivity contribution in [2.45, 2.75) is 52.3 Å². The Labute approximate surface area is 232 Å². The lowest BCUT2D eigenvalue weighted by Gasteiger charge is -2.15. The van der Waals surface area contributed by atoms with Gasteiger partial charge in [0.15, 0.2) is 0 Å². The third-order valence-electron chi connectivity index (χ3n) is 7.63. The molecule has 40 heavy (non-hydrogen) atoms. The van der Waals surface area contributed by atoms with Crippen LogP contribution in [0.5, 0.6) is 5.88 Å². The van der Waals surface area contributed by atoms with E-state index in [-0.39, 0.29) is 5.56 Å². The molecule has 3 N–H and O–H groups in total. The summed E-state index contributed by atoms with van der Waals surface area (Å²) < 4.78 is 7.76. The van der Waals surface area contributed by atoms with Gasteiger partial charge in [-0.25, -0.2) is 15.0 Å². The summed E-state index contributed by atoms with van der Waals surface area (Å²) in [6, 6.07) is 18.0. The number of aromatic nitrogens is 4. The van der Waals surface area contributed by atoms with Gasteiger partial charge in [-0.05, 0) is 84.0 Å². The van der Waals surface area contributed by atoms with Crippen LogP contribution >= 0.6 is 0 Å². The normalized spacial score (nSPS) is 12.9. The lowest BCUT2D eigenvalue weighted by atomic mass is 9.96. The van der Waals surface area contributed by atoms with Crippen LogP contribution in [0.2, 0.25) is 0 Å². The fourth-order valence-corrected chi connectivity index (χ4v) is 5.18. The molecule has 8 heteroatoms. The zero-order chi connectivity index (χ0) is 27.6. The van der Waals surface area contributed by atoms with E-state index in [2.05, 4.69) is 40.2 Å². The van der Waals surface area contributed by atoms with E-state index < -0.39 is 0 Å². The minimum Gasteiger partial charge on any atom is -0.473 e. The Morgan fingerprint density at radius 1 is 1.00 bits per heavy atom. The third kappa shape index (κ3) is 5.38. The molecule has 0 radical (unpaired) electrons. The minimum atomic E-state index is 0.124. The molecule has 0 atom stereocenters. The van der Waals surface area contributed by atoms with Crippen LogP contribution in [0.25, 0.3) is 10.8 Å². The third-order valence-corrected chi connectivity index (χ3v) is 7.63. The Morgan fingerprint density at radius 3 is 2.60 bits per heavy atom. The lowest BCUT2D eigenvalue weighted by Crippen LogP contribution is -2.23. The highest BCUT2D eigenvalue weighted by Gasteiger charge is 2.26. The van der Waals surface area contributed by atoms with Crippen LogP contribution < -0.4 is 21.3 Å². The number of ether oxygens (including phenoxy) is 1. The number of fused-ring (bicyclic) bond motifs is 1. The van der Waals surface area contributed by atoms with Gasteiger partial charge in [0.05, 0.1) is 6.54 Å². The maximum Gasteiger partial charge on any atom is 0.254 e. The topological polar surface area (TPSA) is 108 Å². The van der Waals surface area contributed by atoms with Gasteiger partial charge < -0.3 is 20.4 Å². The first kappa shape index (κ1) is 25.6. The van der Waals surface area contributed by atoms with E-state index >= 15 is 0 Å². The first-order valence-electron chi connectivity index (χ1n) is 13.6. The maximum atomic E-state index is 12.8. The van der Waals surface area contributed by atoms with Crippen molar-refractivity contribution >= 4 is 22.4 Å². The van der Waals surface area contributed by atoms with Crippen LogP contribution in [0, 0.1) is 13.8 Å². The van der Waals surface area contributed by atoms with Gasteiger partial charge in [0, 0.05) is 36.0 Å². The number of nitrogens with two attached hydrogens (primary N) is 1. The van der Waals surface area contributed by atoms with E-state index in [1.54, 1.807) is 16.8 Å². The van der Waals surface area contributed by atoms with E-state index in [0.717, 1.165) is 45.9 Å². The van der Waals surface area contributed by atoms with Gasteiger partial charge in [0.1, 0.15) is 24.6 Å². The summed E-state index contributed by atoms with van der Waals surface area (Å²) in [5, 5.41) is 5.48. The van der Waals surface area contributed by atoms with Crippen LogP contribution in [0.4, 0.5) is 11.6 Å². The summed E-state index contributed by atoms with van der Waals surface area (Å²) in [6.45, 7) is 5.74. The number of pyridine rings is 2. The average Bonchev–Trinajstić information content (AvgIpc) is 3.80. The second kappa shape index (κ2) is 10.8. The van der Waals surface area contributed by atoms with Crippen LogP contribution in [0.15, 0.2) is 78.1 Å². The predicted octanol–water partition coefficient (Wildman–Crippen LogP) is 5.50. The fourth-order valence-electron chi connectivity index (χ4n) is 5.18. The summed E-state index contributed by atoms with van der Waals surface area (Å²) in [5.41, 5.74) is 12.8. The maximum absolute atomic E-state index is 12.8. The zero-order valence-corrected chi connectivity index (χ0v) is 22.7. The average molecular weight is 533 g/mol. The number of aryl methyl sites for hydroxylation is 2. The van der Waals surface area contributed by atoms with Crippen molar-refractivity contribution in [1.82, 2.24) is 19.5 Å². The quantitative estimate of drug-likeness (QED) is 0.258. The molecule has 0 spiro atoms. The molecule has 0 bridgehead atoms. The lowest BCUT2D eigenvalue weighted by molar-refractivity contribution is 0.293. The van der Waals surface area contributed by atoms with E-state index in [1.165, 1.54) is 17.5 Å². The summed E-state index contributed by atoms with van der Waals surface area (Å²) in [5.74, 6) is 2.18. The number of nitrogens with one attached hydrogen (secondary N) is 1. The van der Waals surface area contributed by atoms with E-state index in [1.807, 2.05) is 48.7 Å². The first-order valence-corrected chi connectivity index (χ1v) is 13.6. The molecule has 202 valence electrons. The van der Waals surface area contributed by atoms with Crippen molar-refractivity contribution in [2.24, 2.45) is 0 Å². The van der Waals surface area contributed by atoms with Crippen LogP contribution in [0.3, 0.4) is 0 Å². The molecule has 0 unspecified atom stereocenters. The number of nitrogens with zero attached hydrogens (tertiary/aromatic N) is 4. The van der Waals surface area contributed by atoms with Gasteiger partial charge in [-0.15, -0.1) is 0 Å². The molecule has 1 aliphatic carbocycles. The molecule has 1 saturated carbocycles. The number of nitrogen functional groups attached to an aromatic ring is 1. The molecule has 1 fully saturated rings. The Morgan fingerprint density at radius 2 is 1.80 bits per heavy atom. The van der Waals surface area contributed by atoms with Crippen LogP contribution in [-0.4, -0.2) is 19.5 Å². The molecule has 6 rings (SSSR count). The van der Waals surface area contributed by atoms with E-state index in [4.69, 9.17) is 10.5 Å². The summed E-state index contributed by atoms with van der Waals surface area (Å²) in [4.78, 5) is 25.6. The van der Waals surface area contributed by atoms with Gasteiger partial charge in [0.2, 0.25) is 5.88 Å². The van der Waals surface area contributed by atoms with Gasteiger partial charge in [-0.3, -0.25) is 4.79 Å². The number of rotatable bonds is 9. The summed E-state index contributed by atoms with van der Waals surface area (Å²) in [6.07, 6.45) is 7.35. The number of benzene rings is 2. The molecule has 1 aliphatic rings. The van der Waals surface area contributed by atoms with Gasteiger partial charge >= 0.3 is 0 Å². The summed E-state index contributed by atoms with van der Waals surface area (Å²) in [7, 11) is 0. The van der Waals surface area contributed by atoms with Crippen molar-refractivity contribution < 1.29 is 4.74 Å². The molecular formula is C32H32N6O2. The molecule has 8 nitrogen and oxygen atoms in total. The van der Waals surface area contributed by atoms with E-state index in [9.17, 15) is 4.79 Å². The van der Waals surface area contributed by atoms with Gasteiger partial charge in [0.25, 0.3) is 5.56 Å². The highest BCUT2D eigenvalue weighted by molar-refractivity contribution is 5.94. The van der Waals surface area contributed by atoms with Crippen molar-refractivity contribution in [3.8, 4) is 5.88 Å². The molecule has 2 aromatic carbocycles. The molecule has 3 heterocycles. The SMILES string of the molecule is Cc1cc2c(N)nccc2c(C)c1CNc1cc(OCc2ccc(Cn3cccc(C4CC4)c3=O)cc2)ncn1. The van der Waals surface area contributed by atoms with E-state index in [0.29, 0.717) is 43.1 Å². The number of anilines is 2. The fraction of sp³-hybridized carbons (Fsp3) is 0.250. The minimum absolute atomic E-state index is 0.124. The molecule has 0 saturated heterocycles. The van der Waals surface area contributed by atoms with Crippen LogP contribution in [0.1, 0.15) is 52.1 Å². The standard InChI is InChI=1S/C32H32N6O2/c1-20-14-27-25(11-12-34-31(27)33)21(2)28(20)16-35-29-15-30(37-19-36-29)40-18-23-7-5-22(6-8-23)17-38-13-3-4-26(32(38)39)24-9-10-24/h3-8,11-15,19,24H,9-10,16-18H2,1-2H3,(H2,33,34)(H,35,36,37). The molecule has 0 aliphatic heterocycles. The Hall–Kier alpha value is -4.72. The summed E-state index contributed by atoms with van der Waals surface area (Å²) >= 11 is 0. The second-order valence-corrected chi connectivity index (χ2v) is 10.5. The Kier molecular flexibility index (Phi) is 6.90. The zero-order valence-electron chi connectivity index (χ0n) is 22.7. The molecular weight excluding hydrogens is 500 g/mol. The van der Waals surface area contributed by atoms with Crippen molar-refractivity contribution in [2.75, 3.05) is 11.1 Å². The van der Waals surface area contributed by atoms with Crippen molar-refractivity contribution in [1.29, 1.82) is 0 Å². The molecule has 3 aromatic heterocycles. The van der Waals surface area contributed by atoms with Crippen LogP contribution in [-0.2, 0) is 19.7 Å². The highest BCUT2D eigenvalue weighted by Crippen LogP contribution is 2.38. The Balaban J connectivity index is 1.08. The predicted molar refractivity (Wildman–Crippen MR) is 158 cm³/mol. The number of hydrogen-bond acceptors (Lipinski definition) is 7. The van der Waals surface area contributed by atoms with Gasteiger partial charge in [-0.2, -0.15) is 0 Å².